The minimum atomic E-state index is -0.394. The molecule has 0 radical (unpaired) electrons. The van der Waals surface area contributed by atoms with Crippen molar-refractivity contribution in [3.63, 3.8) is 0 Å². The Kier molecular flexibility index (Phi) is 3.84. The van der Waals surface area contributed by atoms with Crippen LogP contribution < -0.4 is 5.32 Å². The van der Waals surface area contributed by atoms with Gasteiger partial charge in [0.2, 0.25) is 0 Å². The average molecular weight is 328 g/mol. The fraction of sp³-hybridized carbons (Fsp3) is 0.444. The summed E-state index contributed by atoms with van der Waals surface area (Å²) >= 11 is 0. The highest BCUT2D eigenvalue weighted by molar-refractivity contribution is 5.93. The van der Waals surface area contributed by atoms with Crippen LogP contribution in [0.4, 0.5) is 4.39 Å². The van der Waals surface area contributed by atoms with E-state index in [1.807, 2.05) is 0 Å². The van der Waals surface area contributed by atoms with Crippen molar-refractivity contribution in [1.82, 2.24) is 20.2 Å². The van der Waals surface area contributed by atoms with E-state index in [0.29, 0.717) is 28.9 Å². The highest BCUT2D eigenvalue weighted by Gasteiger charge is 2.40. The molecule has 24 heavy (non-hydrogen) atoms. The van der Waals surface area contributed by atoms with Crippen molar-refractivity contribution in [3.05, 3.63) is 42.1 Å². The fourth-order valence-electron chi connectivity index (χ4n) is 4.03. The second kappa shape index (κ2) is 6.02. The topological polar surface area (TPSA) is 61.0 Å². The summed E-state index contributed by atoms with van der Waals surface area (Å²) in [5.74, 6) is 0.0706. The third kappa shape index (κ3) is 2.71. The van der Waals surface area contributed by atoms with Gasteiger partial charge in [0, 0.05) is 29.5 Å². The average Bonchev–Trinajstić information content (AvgIpc) is 3.09. The van der Waals surface area contributed by atoms with Crippen molar-refractivity contribution < 1.29 is 9.18 Å². The summed E-state index contributed by atoms with van der Waals surface area (Å²) in [4.78, 5) is 22.0. The molecule has 3 aliphatic rings. The van der Waals surface area contributed by atoms with Crippen LogP contribution in [-0.2, 0) is 0 Å². The largest absolute Gasteiger partial charge is 0.351 e. The first-order valence-corrected chi connectivity index (χ1v) is 8.46. The number of aromatic nitrogens is 2. The molecule has 3 saturated heterocycles. The lowest BCUT2D eigenvalue weighted by atomic mass is 9.79. The molecule has 6 heteroatoms. The molecule has 0 aliphatic carbocycles. The molecule has 3 aliphatic heterocycles. The van der Waals surface area contributed by atoms with Gasteiger partial charge in [-0.1, -0.05) is 0 Å². The Balaban J connectivity index is 1.49. The minimum absolute atomic E-state index is 0.101. The zero-order valence-corrected chi connectivity index (χ0v) is 13.6. The quantitative estimate of drug-likeness (QED) is 0.910. The smallest absolute Gasteiger partial charge is 0.267 e. The summed E-state index contributed by atoms with van der Waals surface area (Å²) in [6.45, 7) is 4.46. The van der Waals surface area contributed by atoms with Gasteiger partial charge in [-0.2, -0.15) is 0 Å². The normalized spacial score (nSPS) is 28.8. The standard InChI is InChI=1S/C18H21FN4O/c1-11-17(12-4-6-23(11)7-5-12)22-18(24)16-3-2-15(21-16)13-8-14(19)10-20-9-13/h2-3,8-12,17,21H,4-7H2,1H3,(H,22,24)/t11-,17-/m0/s1. The van der Waals surface area contributed by atoms with Crippen molar-refractivity contribution in [2.24, 2.45) is 5.92 Å². The Labute approximate surface area is 140 Å². The highest BCUT2D eigenvalue weighted by Crippen LogP contribution is 2.32. The molecule has 126 valence electrons. The number of fused-ring (bicyclic) bond motifs is 3. The number of carbonyl (C=O) groups excluding carboxylic acids is 1. The monoisotopic (exact) mass is 328 g/mol. The van der Waals surface area contributed by atoms with E-state index in [-0.39, 0.29) is 11.9 Å². The fourth-order valence-corrected chi connectivity index (χ4v) is 4.03. The van der Waals surface area contributed by atoms with E-state index < -0.39 is 5.82 Å². The molecule has 5 nitrogen and oxygen atoms in total. The van der Waals surface area contributed by atoms with Crippen LogP contribution in [0, 0.1) is 11.7 Å². The van der Waals surface area contributed by atoms with E-state index in [1.165, 1.54) is 6.07 Å². The number of aromatic amines is 1. The summed E-state index contributed by atoms with van der Waals surface area (Å²) in [7, 11) is 0. The molecule has 2 aromatic rings. The van der Waals surface area contributed by atoms with Crippen LogP contribution in [0.15, 0.2) is 30.6 Å². The second-order valence-corrected chi connectivity index (χ2v) is 6.79. The van der Waals surface area contributed by atoms with E-state index in [1.54, 1.807) is 18.3 Å². The van der Waals surface area contributed by atoms with Gasteiger partial charge in [-0.05, 0) is 57.0 Å². The van der Waals surface area contributed by atoms with Crippen LogP contribution in [-0.4, -0.2) is 45.9 Å². The van der Waals surface area contributed by atoms with Crippen LogP contribution in [0.1, 0.15) is 30.3 Å². The van der Waals surface area contributed by atoms with Crippen LogP contribution in [0.5, 0.6) is 0 Å². The van der Waals surface area contributed by atoms with Crippen LogP contribution in [0.25, 0.3) is 11.3 Å². The van der Waals surface area contributed by atoms with Gasteiger partial charge in [0.25, 0.3) is 5.91 Å². The van der Waals surface area contributed by atoms with E-state index in [0.717, 1.165) is 32.1 Å². The maximum absolute atomic E-state index is 13.3. The molecular weight excluding hydrogens is 307 g/mol. The number of hydrogen-bond donors (Lipinski definition) is 2. The van der Waals surface area contributed by atoms with Crippen molar-refractivity contribution in [2.75, 3.05) is 13.1 Å². The molecule has 5 rings (SSSR count). The van der Waals surface area contributed by atoms with Gasteiger partial charge in [-0.3, -0.25) is 14.7 Å². The summed E-state index contributed by atoms with van der Waals surface area (Å²) in [5, 5.41) is 3.19. The lowest BCUT2D eigenvalue weighted by Crippen LogP contribution is -2.62. The summed E-state index contributed by atoms with van der Waals surface area (Å²) < 4.78 is 13.3. The highest BCUT2D eigenvalue weighted by atomic mass is 19.1. The molecule has 2 aromatic heterocycles. The minimum Gasteiger partial charge on any atom is -0.351 e. The molecule has 0 unspecified atom stereocenters. The number of pyridine rings is 1. The number of halogens is 1. The summed E-state index contributed by atoms with van der Waals surface area (Å²) in [6.07, 6.45) is 5.04. The maximum atomic E-state index is 13.3. The van der Waals surface area contributed by atoms with E-state index in [4.69, 9.17) is 0 Å². The molecule has 2 N–H and O–H groups in total. The van der Waals surface area contributed by atoms with Gasteiger partial charge >= 0.3 is 0 Å². The molecule has 2 atom stereocenters. The van der Waals surface area contributed by atoms with Crippen LogP contribution in [0.2, 0.25) is 0 Å². The molecule has 5 heterocycles. The van der Waals surface area contributed by atoms with Crippen molar-refractivity contribution >= 4 is 5.91 Å². The lowest BCUT2D eigenvalue weighted by Gasteiger charge is -2.49. The van der Waals surface area contributed by atoms with Crippen LogP contribution >= 0.6 is 0 Å². The number of hydrogen-bond acceptors (Lipinski definition) is 3. The number of rotatable bonds is 3. The van der Waals surface area contributed by atoms with Crippen molar-refractivity contribution in [3.8, 4) is 11.3 Å². The Bertz CT molecular complexity index is 749. The number of nitrogens with zero attached hydrogens (tertiary/aromatic N) is 2. The lowest BCUT2D eigenvalue weighted by molar-refractivity contribution is 0.0216. The summed E-state index contributed by atoms with van der Waals surface area (Å²) in [5.41, 5.74) is 1.82. The van der Waals surface area contributed by atoms with Crippen molar-refractivity contribution in [2.45, 2.75) is 31.8 Å². The molecule has 1 amide bonds. The van der Waals surface area contributed by atoms with Gasteiger partial charge in [0.05, 0.1) is 6.20 Å². The Morgan fingerprint density at radius 2 is 2.12 bits per heavy atom. The maximum Gasteiger partial charge on any atom is 0.267 e. The number of H-pyrrole nitrogens is 1. The second-order valence-electron chi connectivity index (χ2n) is 6.79. The predicted molar refractivity (Wildman–Crippen MR) is 89.0 cm³/mol. The van der Waals surface area contributed by atoms with Gasteiger partial charge in [-0.25, -0.2) is 4.39 Å². The van der Waals surface area contributed by atoms with Gasteiger partial charge in [0.1, 0.15) is 11.5 Å². The molecular formula is C18H21FN4O. The van der Waals surface area contributed by atoms with Gasteiger partial charge in [0.15, 0.2) is 0 Å². The predicted octanol–water partition coefficient (Wildman–Crippen LogP) is 2.43. The van der Waals surface area contributed by atoms with Gasteiger partial charge < -0.3 is 10.3 Å². The number of carbonyl (C=O) groups is 1. The zero-order chi connectivity index (χ0) is 16.7. The SMILES string of the molecule is C[C@H]1[C@H](NC(=O)c2ccc(-c3cncc(F)c3)[nH]2)C2CCN1CC2. The summed E-state index contributed by atoms with van der Waals surface area (Å²) in [6, 6.07) is 5.49. The Morgan fingerprint density at radius 1 is 1.33 bits per heavy atom. The van der Waals surface area contributed by atoms with Crippen molar-refractivity contribution in [1.29, 1.82) is 0 Å². The molecule has 0 spiro atoms. The number of amides is 1. The zero-order valence-electron chi connectivity index (χ0n) is 13.6. The Hall–Kier alpha value is -2.21. The number of nitrogens with one attached hydrogen (secondary N) is 2. The van der Waals surface area contributed by atoms with Gasteiger partial charge in [-0.15, -0.1) is 0 Å². The molecule has 0 aromatic carbocycles. The Morgan fingerprint density at radius 3 is 2.83 bits per heavy atom. The first kappa shape index (κ1) is 15.3. The first-order chi connectivity index (χ1) is 11.6. The first-order valence-electron chi connectivity index (χ1n) is 8.46. The number of piperidine rings is 3. The van der Waals surface area contributed by atoms with E-state index in [2.05, 4.69) is 27.1 Å². The molecule has 0 saturated carbocycles. The molecule has 2 bridgehead atoms. The third-order valence-corrected chi connectivity index (χ3v) is 5.42. The van der Waals surface area contributed by atoms with E-state index >= 15 is 0 Å². The third-order valence-electron chi connectivity index (χ3n) is 5.42. The molecule has 3 fully saturated rings. The van der Waals surface area contributed by atoms with Crippen LogP contribution in [0.3, 0.4) is 0 Å². The van der Waals surface area contributed by atoms with E-state index in [9.17, 15) is 9.18 Å².